The quantitative estimate of drug-likeness (QED) is 0.227. The van der Waals surface area contributed by atoms with E-state index < -0.39 is 5.78 Å². The first kappa shape index (κ1) is 4.72. The van der Waals surface area contributed by atoms with Crippen LogP contribution in [0.3, 0.4) is 0 Å². The van der Waals surface area contributed by atoms with Crippen molar-refractivity contribution in [2.45, 2.75) is 0 Å². The van der Waals surface area contributed by atoms with Crippen molar-refractivity contribution < 1.29 is 4.79 Å². The van der Waals surface area contributed by atoms with Gasteiger partial charge in [-0.25, -0.2) is 0 Å². The molecule has 28 valence electrons. The molecule has 0 radical (unpaired) electrons. The van der Waals surface area contributed by atoms with E-state index in [1.807, 2.05) is 0 Å². The molecule has 6 heavy (non-hydrogen) atoms. The van der Waals surface area contributed by atoms with Crippen molar-refractivity contribution in [1.29, 1.82) is 5.26 Å². The summed E-state index contributed by atoms with van der Waals surface area (Å²) in [4.78, 5) is 9.58. The summed E-state index contributed by atoms with van der Waals surface area (Å²) in [7, 11) is 0. The van der Waals surface area contributed by atoms with Gasteiger partial charge in [0.25, 0.3) is 0 Å². The van der Waals surface area contributed by atoms with Gasteiger partial charge in [-0.15, -0.1) is 6.42 Å². The number of terminal acetylenes is 1. The molecule has 0 amide bonds. The van der Waals surface area contributed by atoms with Gasteiger partial charge in [-0.2, -0.15) is 5.26 Å². The van der Waals surface area contributed by atoms with E-state index in [4.69, 9.17) is 5.26 Å². The largest absolute Gasteiger partial charge is 0.305 e. The SMILES string of the molecule is C#CC(=O)C#N. The molecule has 0 spiro atoms. The summed E-state index contributed by atoms with van der Waals surface area (Å²) in [5.74, 6) is 0.791. The molecule has 0 bridgehead atoms. The Morgan fingerprint density at radius 2 is 2.33 bits per heavy atom. The van der Waals surface area contributed by atoms with Gasteiger partial charge in [-0.05, 0) is 5.92 Å². The fourth-order valence-corrected chi connectivity index (χ4v) is 0.0323. The molecule has 0 saturated heterocycles. The van der Waals surface area contributed by atoms with Gasteiger partial charge in [0.2, 0.25) is 0 Å². The summed E-state index contributed by atoms with van der Waals surface area (Å²) in [6.07, 6.45) is 4.46. The molecular weight excluding hydrogens is 78.1 g/mol. The van der Waals surface area contributed by atoms with Gasteiger partial charge in [0.1, 0.15) is 0 Å². The number of carbonyl (C=O) groups excluding carboxylic acids is 1. The Balaban J connectivity index is 3.75. The van der Waals surface area contributed by atoms with E-state index in [1.165, 1.54) is 6.07 Å². The Morgan fingerprint density at radius 1 is 1.83 bits per heavy atom. The van der Waals surface area contributed by atoms with E-state index in [0.717, 1.165) is 0 Å². The Morgan fingerprint density at radius 3 is 2.33 bits per heavy atom. The van der Waals surface area contributed by atoms with E-state index in [9.17, 15) is 4.79 Å². The zero-order valence-corrected chi connectivity index (χ0v) is 2.93. The Labute approximate surface area is 35.4 Å². The van der Waals surface area contributed by atoms with Gasteiger partial charge in [-0.3, -0.25) is 4.79 Å². The predicted molar refractivity (Wildman–Crippen MR) is 19.5 cm³/mol. The topological polar surface area (TPSA) is 40.9 Å². The van der Waals surface area contributed by atoms with Crippen LogP contribution in [0, 0.1) is 23.7 Å². The average Bonchev–Trinajstić information content (AvgIpc) is 1.65. The maximum atomic E-state index is 9.58. The molecule has 0 aromatic heterocycles. The van der Waals surface area contributed by atoms with Crippen LogP contribution in [0.5, 0.6) is 0 Å². The Bertz CT molecular complexity index is 119. The van der Waals surface area contributed by atoms with E-state index >= 15 is 0 Å². The van der Waals surface area contributed by atoms with Gasteiger partial charge in [0, 0.05) is 0 Å². The number of hydrogen-bond acceptors (Lipinski definition) is 2. The van der Waals surface area contributed by atoms with Crippen molar-refractivity contribution >= 4 is 5.78 Å². The lowest BCUT2D eigenvalue weighted by Crippen LogP contribution is -1.81. The van der Waals surface area contributed by atoms with Crippen molar-refractivity contribution in [3.63, 3.8) is 0 Å². The zero-order valence-electron chi connectivity index (χ0n) is 2.93. The first-order chi connectivity index (χ1) is 2.81. The number of nitriles is 1. The van der Waals surface area contributed by atoms with Crippen LogP contribution < -0.4 is 0 Å². The number of carbonyl (C=O) groups is 1. The number of Topliss-reactive ketones (excluding diaryl/α,β-unsaturated/α-hetero) is 1. The zero-order chi connectivity index (χ0) is 4.99. The minimum atomic E-state index is -0.824. The molecule has 0 aliphatic carbocycles. The van der Waals surface area contributed by atoms with E-state index in [-0.39, 0.29) is 0 Å². The lowest BCUT2D eigenvalue weighted by Gasteiger charge is -1.54. The maximum Gasteiger partial charge on any atom is 0.305 e. The van der Waals surface area contributed by atoms with Crippen molar-refractivity contribution in [3.05, 3.63) is 0 Å². The van der Waals surface area contributed by atoms with Gasteiger partial charge < -0.3 is 0 Å². The Kier molecular flexibility index (Phi) is 1.56. The van der Waals surface area contributed by atoms with Gasteiger partial charge >= 0.3 is 5.78 Å². The molecule has 0 fully saturated rings. The third kappa shape index (κ3) is 1.09. The van der Waals surface area contributed by atoms with Crippen molar-refractivity contribution in [3.8, 4) is 18.4 Å². The minimum Gasteiger partial charge on any atom is -0.267 e. The van der Waals surface area contributed by atoms with Crippen LogP contribution in [0.4, 0.5) is 0 Å². The van der Waals surface area contributed by atoms with Crippen molar-refractivity contribution in [1.82, 2.24) is 0 Å². The van der Waals surface area contributed by atoms with E-state index in [2.05, 4.69) is 6.42 Å². The first-order valence-corrected chi connectivity index (χ1v) is 1.22. The van der Waals surface area contributed by atoms with E-state index in [0.29, 0.717) is 0 Å². The third-order valence-corrected chi connectivity index (χ3v) is 0.233. The highest BCUT2D eigenvalue weighted by atomic mass is 16.1. The lowest BCUT2D eigenvalue weighted by molar-refractivity contribution is -0.109. The molecule has 0 aromatic carbocycles. The van der Waals surface area contributed by atoms with Crippen LogP contribution in [0.25, 0.3) is 0 Å². The highest BCUT2D eigenvalue weighted by molar-refractivity contribution is 6.06. The average molecular weight is 79.1 g/mol. The molecule has 0 rings (SSSR count). The fraction of sp³-hybridized carbons (Fsp3) is 0. The molecule has 0 aromatic rings. The monoisotopic (exact) mass is 79.0 g/mol. The molecule has 0 atom stereocenters. The predicted octanol–water partition coefficient (Wildman–Crippen LogP) is -0.288. The maximum absolute atomic E-state index is 9.58. The van der Waals surface area contributed by atoms with Crippen molar-refractivity contribution in [2.24, 2.45) is 0 Å². The van der Waals surface area contributed by atoms with Crippen LogP contribution in [-0.4, -0.2) is 5.78 Å². The molecule has 0 heterocycles. The highest BCUT2D eigenvalue weighted by Gasteiger charge is 1.82. The second-order valence-electron chi connectivity index (χ2n) is 0.585. The normalized spacial score (nSPS) is 5.00. The number of hydrogen-bond donors (Lipinski definition) is 0. The lowest BCUT2D eigenvalue weighted by atomic mass is 10.5. The smallest absolute Gasteiger partial charge is 0.267 e. The highest BCUT2D eigenvalue weighted by Crippen LogP contribution is 1.54. The summed E-state index contributed by atoms with van der Waals surface area (Å²) in [6, 6.07) is 1.24. The fourth-order valence-electron chi connectivity index (χ4n) is 0.0323. The first-order valence-electron chi connectivity index (χ1n) is 1.22. The summed E-state index contributed by atoms with van der Waals surface area (Å²) < 4.78 is 0. The molecule has 2 heteroatoms. The summed E-state index contributed by atoms with van der Waals surface area (Å²) in [5, 5.41) is 7.59. The molecular formula is C4HNO. The molecule has 0 aliphatic heterocycles. The van der Waals surface area contributed by atoms with Gasteiger partial charge in [0.15, 0.2) is 6.07 Å². The molecule has 0 unspecified atom stereocenters. The standard InChI is InChI=1S/C4HNO/c1-2-4(6)3-5/h1H. The van der Waals surface area contributed by atoms with E-state index in [1.54, 1.807) is 5.92 Å². The molecule has 2 nitrogen and oxygen atoms in total. The van der Waals surface area contributed by atoms with Gasteiger partial charge in [-0.1, -0.05) is 0 Å². The number of rotatable bonds is 0. The van der Waals surface area contributed by atoms with Crippen LogP contribution in [0.2, 0.25) is 0 Å². The van der Waals surface area contributed by atoms with Crippen LogP contribution in [0.1, 0.15) is 0 Å². The second kappa shape index (κ2) is 1.99. The van der Waals surface area contributed by atoms with Gasteiger partial charge in [0.05, 0.1) is 0 Å². The molecule has 0 N–H and O–H groups in total. The van der Waals surface area contributed by atoms with Crippen LogP contribution in [0.15, 0.2) is 0 Å². The summed E-state index contributed by atoms with van der Waals surface area (Å²) >= 11 is 0. The second-order valence-corrected chi connectivity index (χ2v) is 0.585. The summed E-state index contributed by atoms with van der Waals surface area (Å²) in [6.45, 7) is 0. The molecule has 0 aliphatic rings. The third-order valence-electron chi connectivity index (χ3n) is 0.233. The molecule has 0 saturated carbocycles. The number of nitrogens with zero attached hydrogens (tertiary/aromatic N) is 1. The van der Waals surface area contributed by atoms with Crippen LogP contribution >= 0.6 is 0 Å². The minimum absolute atomic E-state index is 0.824. The number of ketones is 1. The van der Waals surface area contributed by atoms with Crippen LogP contribution in [-0.2, 0) is 4.79 Å². The Hall–Kier alpha value is -1.28. The summed E-state index contributed by atoms with van der Waals surface area (Å²) in [5.41, 5.74) is 0. The van der Waals surface area contributed by atoms with Crippen molar-refractivity contribution in [2.75, 3.05) is 0 Å².